The zero-order valence-electron chi connectivity index (χ0n) is 27.7. The number of nitrogens with zero attached hydrogens (tertiary/aromatic N) is 8. The van der Waals surface area contributed by atoms with E-state index < -0.39 is 0 Å². The number of para-hydroxylation sites is 1. The summed E-state index contributed by atoms with van der Waals surface area (Å²) in [6.45, 7) is 0. The molecule has 0 saturated carbocycles. The molecule has 4 heterocycles. The molecule has 0 bridgehead atoms. The molecule has 0 atom stereocenters. The molecule has 0 aliphatic carbocycles. The maximum Gasteiger partial charge on any atom is 0.182 e. The average molecular weight is 669 g/mol. The lowest BCUT2D eigenvalue weighted by atomic mass is 10.0. The van der Waals surface area contributed by atoms with E-state index in [0.29, 0.717) is 34.8 Å². The van der Waals surface area contributed by atoms with Crippen molar-refractivity contribution in [3.8, 4) is 79.6 Å². The minimum Gasteiger partial charge on any atom is -0.264 e. The lowest BCUT2D eigenvalue weighted by molar-refractivity contribution is 1.05. The van der Waals surface area contributed by atoms with E-state index in [-0.39, 0.29) is 0 Å². The predicted octanol–water partition coefficient (Wildman–Crippen LogP) is 9.67. The van der Waals surface area contributed by atoms with Crippen molar-refractivity contribution < 1.29 is 0 Å². The first kappa shape index (κ1) is 30.7. The molecule has 0 spiro atoms. The van der Waals surface area contributed by atoms with Crippen molar-refractivity contribution in [2.24, 2.45) is 0 Å². The Morgan fingerprint density at radius 1 is 0.308 bits per heavy atom. The molecule has 0 amide bonds. The van der Waals surface area contributed by atoms with Crippen molar-refractivity contribution in [2.45, 2.75) is 0 Å². The molecule has 8 nitrogen and oxygen atoms in total. The first-order valence-corrected chi connectivity index (χ1v) is 16.8. The molecule has 0 unspecified atom stereocenters. The Morgan fingerprint density at radius 3 is 1.40 bits per heavy atom. The molecule has 52 heavy (non-hydrogen) atoms. The van der Waals surface area contributed by atoms with Crippen LogP contribution in [0.5, 0.6) is 0 Å². The van der Waals surface area contributed by atoms with Crippen LogP contribution in [0.2, 0.25) is 0 Å². The van der Waals surface area contributed by atoms with Crippen LogP contribution in [0.25, 0.3) is 90.5 Å². The summed E-state index contributed by atoms with van der Waals surface area (Å²) in [5.74, 6) is 2.75. The van der Waals surface area contributed by atoms with Gasteiger partial charge in [0.2, 0.25) is 0 Å². The number of hydrogen-bond donors (Lipinski definition) is 0. The third-order valence-corrected chi connectivity index (χ3v) is 8.66. The molecule has 244 valence electrons. The fourth-order valence-corrected chi connectivity index (χ4v) is 6.07. The molecule has 0 fully saturated rings. The molecular formula is C44H28N8. The zero-order chi connectivity index (χ0) is 34.7. The molecule has 9 aromatic rings. The maximum atomic E-state index is 5.05. The van der Waals surface area contributed by atoms with E-state index in [0.717, 1.165) is 55.7 Å². The van der Waals surface area contributed by atoms with Crippen LogP contribution in [-0.4, -0.2) is 39.9 Å². The first-order chi connectivity index (χ1) is 25.7. The van der Waals surface area contributed by atoms with Crippen LogP contribution in [0.3, 0.4) is 0 Å². The third-order valence-electron chi connectivity index (χ3n) is 8.66. The Balaban J connectivity index is 1.18. The summed E-state index contributed by atoms with van der Waals surface area (Å²) < 4.78 is 0. The van der Waals surface area contributed by atoms with Gasteiger partial charge in [-0.3, -0.25) is 4.98 Å². The quantitative estimate of drug-likeness (QED) is 0.165. The monoisotopic (exact) mass is 668 g/mol. The minimum atomic E-state index is 0.437. The van der Waals surface area contributed by atoms with Gasteiger partial charge in [-0.05, 0) is 24.3 Å². The molecule has 0 aliphatic rings. The highest BCUT2D eigenvalue weighted by atomic mass is 15.1. The fourth-order valence-electron chi connectivity index (χ4n) is 6.07. The van der Waals surface area contributed by atoms with E-state index in [4.69, 9.17) is 34.9 Å². The molecule has 0 N–H and O–H groups in total. The van der Waals surface area contributed by atoms with Gasteiger partial charge in [-0.25, -0.2) is 34.9 Å². The fraction of sp³-hybridized carbons (Fsp3) is 0. The lowest BCUT2D eigenvalue weighted by Gasteiger charge is -2.12. The van der Waals surface area contributed by atoms with Gasteiger partial charge in [-0.2, -0.15) is 0 Å². The summed E-state index contributed by atoms with van der Waals surface area (Å²) in [4.78, 5) is 39.1. The minimum absolute atomic E-state index is 0.437. The zero-order valence-corrected chi connectivity index (χ0v) is 27.7. The van der Waals surface area contributed by atoms with Gasteiger partial charge in [0.15, 0.2) is 29.1 Å². The highest BCUT2D eigenvalue weighted by molar-refractivity contribution is 5.93. The second kappa shape index (κ2) is 13.5. The summed E-state index contributed by atoms with van der Waals surface area (Å²) in [6, 6.07) is 51.9. The van der Waals surface area contributed by atoms with E-state index in [1.807, 2.05) is 140 Å². The lowest BCUT2D eigenvalue weighted by Crippen LogP contribution is -2.03. The Kier molecular flexibility index (Phi) is 7.99. The highest BCUT2D eigenvalue weighted by Gasteiger charge is 2.18. The van der Waals surface area contributed by atoms with Crippen LogP contribution in [0.4, 0.5) is 0 Å². The normalized spacial score (nSPS) is 11.1. The molecule has 9 rings (SSSR count). The molecular weight excluding hydrogens is 641 g/mol. The van der Waals surface area contributed by atoms with Gasteiger partial charge in [0.05, 0.1) is 16.9 Å². The number of pyridine rings is 1. The van der Waals surface area contributed by atoms with Gasteiger partial charge in [-0.15, -0.1) is 0 Å². The largest absolute Gasteiger partial charge is 0.264 e. The Labute approximate surface area is 299 Å². The standard InChI is InChI=1S/C44H28N8/c1-4-13-30(14-5-1)40-47-37(34-19-12-26-45-28-34)27-38(48-40)44-51-42(32-17-8-3-9-18-32)50-43(52-44)33-24-22-29(23-25-33)39-35-20-10-11-21-36(35)46-41(49-39)31-15-6-2-7-16-31/h1-28H. The van der Waals surface area contributed by atoms with E-state index in [1.54, 1.807) is 12.4 Å². The summed E-state index contributed by atoms with van der Waals surface area (Å²) in [6.07, 6.45) is 3.54. The summed E-state index contributed by atoms with van der Waals surface area (Å²) in [5, 5.41) is 0.978. The van der Waals surface area contributed by atoms with Crippen LogP contribution in [0.1, 0.15) is 0 Å². The van der Waals surface area contributed by atoms with Crippen LogP contribution in [0.15, 0.2) is 170 Å². The smallest absolute Gasteiger partial charge is 0.182 e. The number of fused-ring (bicyclic) bond motifs is 1. The van der Waals surface area contributed by atoms with E-state index >= 15 is 0 Å². The van der Waals surface area contributed by atoms with Crippen molar-refractivity contribution in [3.05, 3.63) is 170 Å². The second-order valence-corrected chi connectivity index (χ2v) is 12.1. The summed E-state index contributed by atoms with van der Waals surface area (Å²) in [7, 11) is 0. The molecule has 4 aromatic heterocycles. The average Bonchev–Trinajstić information content (AvgIpc) is 3.24. The van der Waals surface area contributed by atoms with E-state index in [1.165, 1.54) is 0 Å². The van der Waals surface area contributed by atoms with Crippen molar-refractivity contribution >= 4 is 10.9 Å². The Bertz CT molecular complexity index is 2590. The van der Waals surface area contributed by atoms with Crippen molar-refractivity contribution in [1.29, 1.82) is 0 Å². The maximum absolute atomic E-state index is 5.05. The number of aromatic nitrogens is 8. The molecule has 0 aliphatic heterocycles. The van der Waals surface area contributed by atoms with Crippen molar-refractivity contribution in [1.82, 2.24) is 39.9 Å². The number of rotatable bonds is 7. The number of benzene rings is 5. The molecule has 8 heteroatoms. The van der Waals surface area contributed by atoms with Crippen LogP contribution >= 0.6 is 0 Å². The van der Waals surface area contributed by atoms with Crippen LogP contribution < -0.4 is 0 Å². The summed E-state index contributed by atoms with van der Waals surface area (Å²) >= 11 is 0. The van der Waals surface area contributed by atoms with Gasteiger partial charge >= 0.3 is 0 Å². The van der Waals surface area contributed by atoms with Gasteiger partial charge in [0.1, 0.15) is 5.69 Å². The van der Waals surface area contributed by atoms with Crippen LogP contribution in [0, 0.1) is 0 Å². The summed E-state index contributed by atoms with van der Waals surface area (Å²) in [5.41, 5.74) is 8.41. The van der Waals surface area contributed by atoms with Crippen LogP contribution in [-0.2, 0) is 0 Å². The van der Waals surface area contributed by atoms with Crippen molar-refractivity contribution in [3.63, 3.8) is 0 Å². The third kappa shape index (κ3) is 6.16. The topological polar surface area (TPSA) is 103 Å². The Morgan fingerprint density at radius 2 is 0.788 bits per heavy atom. The number of hydrogen-bond acceptors (Lipinski definition) is 8. The van der Waals surface area contributed by atoms with Crippen molar-refractivity contribution in [2.75, 3.05) is 0 Å². The molecule has 0 radical (unpaired) electrons. The van der Waals surface area contributed by atoms with Gasteiger partial charge in [-0.1, -0.05) is 133 Å². The highest BCUT2D eigenvalue weighted by Crippen LogP contribution is 2.32. The Hall–Kier alpha value is -7.32. The van der Waals surface area contributed by atoms with E-state index in [2.05, 4.69) is 23.2 Å². The van der Waals surface area contributed by atoms with Gasteiger partial charge in [0.25, 0.3) is 0 Å². The second-order valence-electron chi connectivity index (χ2n) is 12.1. The predicted molar refractivity (Wildman–Crippen MR) is 204 cm³/mol. The van der Waals surface area contributed by atoms with E-state index in [9.17, 15) is 0 Å². The molecule has 5 aromatic carbocycles. The van der Waals surface area contributed by atoms with Gasteiger partial charge in [0, 0.05) is 51.2 Å². The molecule has 0 saturated heterocycles. The van der Waals surface area contributed by atoms with Gasteiger partial charge < -0.3 is 0 Å². The first-order valence-electron chi connectivity index (χ1n) is 16.8. The SMILES string of the molecule is c1ccc(-c2nc(-c3cccnc3)cc(-c3nc(-c4ccccc4)nc(-c4ccc(-c5nc(-c6ccccc6)nc6ccccc56)cc4)n3)n2)cc1.